The Morgan fingerprint density at radius 2 is 1.87 bits per heavy atom. The van der Waals surface area contributed by atoms with Crippen molar-refractivity contribution < 1.29 is 30.6 Å². The normalized spacial score (nSPS) is 31.5. The standard InChI is InChI=1S/C22H26F3NO4S/c23-22(24,25)31(28,29)30-15-7-8-16-18(12-15)21-9-2-1-6-17(21)19(20(16)27)26(11-10-21)13-14-4-3-5-14/h7-8,12,14,17,19H,1-6,9-11,13H2/t17-,19+,21+/m0/s1. The summed E-state index contributed by atoms with van der Waals surface area (Å²) in [7, 11) is -5.76. The van der Waals surface area contributed by atoms with Crippen molar-refractivity contribution in [1.82, 2.24) is 4.90 Å². The fourth-order valence-electron chi connectivity index (χ4n) is 6.34. The molecule has 4 aliphatic rings. The number of carbonyl (C=O) groups excluding carboxylic acids is 1. The fraction of sp³-hybridized carbons (Fsp3) is 0.682. The van der Waals surface area contributed by atoms with Gasteiger partial charge >= 0.3 is 15.6 Å². The number of piperidine rings is 1. The number of fused-ring (bicyclic) bond motifs is 1. The smallest absolute Gasteiger partial charge is 0.376 e. The van der Waals surface area contributed by atoms with Crippen molar-refractivity contribution in [3.63, 3.8) is 0 Å². The van der Waals surface area contributed by atoms with E-state index in [2.05, 4.69) is 9.08 Å². The predicted molar refractivity (Wildman–Crippen MR) is 107 cm³/mol. The van der Waals surface area contributed by atoms with Crippen LogP contribution in [0.25, 0.3) is 0 Å². The number of halogens is 3. The molecule has 3 atom stereocenters. The van der Waals surface area contributed by atoms with Gasteiger partial charge in [-0.3, -0.25) is 9.69 Å². The number of ketones is 1. The summed E-state index contributed by atoms with van der Waals surface area (Å²) >= 11 is 0. The van der Waals surface area contributed by atoms with Gasteiger partial charge in [-0.1, -0.05) is 19.3 Å². The van der Waals surface area contributed by atoms with Gasteiger partial charge < -0.3 is 4.18 Å². The lowest BCUT2D eigenvalue weighted by Gasteiger charge is -2.58. The van der Waals surface area contributed by atoms with Crippen LogP contribution in [0.5, 0.6) is 5.75 Å². The molecule has 31 heavy (non-hydrogen) atoms. The molecule has 5 nitrogen and oxygen atoms in total. The minimum absolute atomic E-state index is 0.0155. The Kier molecular flexibility index (Phi) is 4.93. The summed E-state index contributed by atoms with van der Waals surface area (Å²) in [5.74, 6) is 0.401. The van der Waals surface area contributed by atoms with E-state index in [1.807, 2.05) is 0 Å². The molecule has 1 saturated heterocycles. The van der Waals surface area contributed by atoms with Crippen molar-refractivity contribution in [3.8, 4) is 5.75 Å². The first-order valence-electron chi connectivity index (χ1n) is 11.1. The SMILES string of the molecule is O=C1c2ccc(OS(=O)(=O)C(F)(F)F)cc2[C@@]23CCCC[C@H]2[C@H]1N(CC1CCC1)CC3. The second-order valence-electron chi connectivity index (χ2n) is 9.55. The van der Waals surface area contributed by atoms with Gasteiger partial charge in [0.2, 0.25) is 0 Å². The first-order valence-corrected chi connectivity index (χ1v) is 12.5. The van der Waals surface area contributed by atoms with Crippen LogP contribution >= 0.6 is 0 Å². The average molecular weight is 458 g/mol. The summed E-state index contributed by atoms with van der Waals surface area (Å²) in [6.45, 7) is 1.72. The quantitative estimate of drug-likeness (QED) is 0.495. The first kappa shape index (κ1) is 21.2. The average Bonchev–Trinajstić information content (AvgIpc) is 2.68. The number of benzene rings is 1. The first-order chi connectivity index (χ1) is 14.6. The topological polar surface area (TPSA) is 63.7 Å². The van der Waals surface area contributed by atoms with Gasteiger partial charge in [-0.05, 0) is 74.2 Å². The highest BCUT2D eigenvalue weighted by Gasteiger charge is 2.57. The van der Waals surface area contributed by atoms with Crippen molar-refractivity contribution in [2.24, 2.45) is 11.8 Å². The van der Waals surface area contributed by atoms with Gasteiger partial charge in [0, 0.05) is 17.5 Å². The van der Waals surface area contributed by atoms with Crippen LogP contribution in [0.15, 0.2) is 18.2 Å². The van der Waals surface area contributed by atoms with Crippen LogP contribution in [0.2, 0.25) is 0 Å². The lowest BCUT2D eigenvalue weighted by Crippen LogP contribution is -2.64. The molecule has 3 fully saturated rings. The van der Waals surface area contributed by atoms with Crippen LogP contribution in [0.4, 0.5) is 13.2 Å². The van der Waals surface area contributed by atoms with Crippen molar-refractivity contribution in [3.05, 3.63) is 29.3 Å². The van der Waals surface area contributed by atoms with Crippen LogP contribution in [0.3, 0.4) is 0 Å². The highest BCUT2D eigenvalue weighted by Crippen LogP contribution is 2.56. The summed E-state index contributed by atoms with van der Waals surface area (Å²) in [5, 5.41) is 0. The Hall–Kier alpha value is -1.61. The summed E-state index contributed by atoms with van der Waals surface area (Å²) in [4.78, 5) is 15.9. The van der Waals surface area contributed by atoms with Gasteiger partial charge in [0.05, 0.1) is 6.04 Å². The Balaban J connectivity index is 1.54. The second-order valence-corrected chi connectivity index (χ2v) is 11.1. The molecule has 2 bridgehead atoms. The van der Waals surface area contributed by atoms with E-state index in [9.17, 15) is 26.4 Å². The van der Waals surface area contributed by atoms with E-state index >= 15 is 0 Å². The summed E-state index contributed by atoms with van der Waals surface area (Å²) in [6.07, 6.45) is 8.28. The molecule has 0 aromatic heterocycles. The molecule has 0 spiro atoms. The third-order valence-corrected chi connectivity index (χ3v) is 8.96. The van der Waals surface area contributed by atoms with Crippen molar-refractivity contribution in [1.29, 1.82) is 0 Å². The minimum atomic E-state index is -5.76. The van der Waals surface area contributed by atoms with Crippen LogP contribution in [-0.2, 0) is 15.5 Å². The number of nitrogens with zero attached hydrogens (tertiary/aromatic N) is 1. The molecule has 5 rings (SSSR count). The van der Waals surface area contributed by atoms with Crippen molar-refractivity contribution in [2.45, 2.75) is 68.3 Å². The van der Waals surface area contributed by atoms with E-state index < -0.39 is 15.6 Å². The van der Waals surface area contributed by atoms with Gasteiger partial charge in [0.15, 0.2) is 5.78 Å². The van der Waals surface area contributed by atoms with Crippen molar-refractivity contribution in [2.75, 3.05) is 13.1 Å². The summed E-state index contributed by atoms with van der Waals surface area (Å²) < 4.78 is 65.8. The molecule has 0 radical (unpaired) electrons. The molecule has 0 amide bonds. The zero-order valence-electron chi connectivity index (χ0n) is 17.2. The molecular weight excluding hydrogens is 431 g/mol. The molecule has 1 heterocycles. The summed E-state index contributed by atoms with van der Waals surface area (Å²) in [6, 6.07) is 3.83. The number of hydrogen-bond donors (Lipinski definition) is 0. The highest BCUT2D eigenvalue weighted by atomic mass is 32.2. The Morgan fingerprint density at radius 1 is 1.10 bits per heavy atom. The molecule has 2 saturated carbocycles. The number of rotatable bonds is 4. The maximum absolute atomic E-state index is 13.6. The molecule has 9 heteroatoms. The number of Topliss-reactive ketones (excluding diaryl/α,β-unsaturated/α-hetero) is 1. The molecule has 3 aliphatic carbocycles. The van der Waals surface area contributed by atoms with E-state index in [-0.39, 0.29) is 28.9 Å². The minimum Gasteiger partial charge on any atom is -0.376 e. The third-order valence-electron chi connectivity index (χ3n) is 7.99. The lowest BCUT2D eigenvalue weighted by molar-refractivity contribution is -0.0500. The van der Waals surface area contributed by atoms with Crippen LogP contribution < -0.4 is 4.18 Å². The van der Waals surface area contributed by atoms with Crippen LogP contribution in [0.1, 0.15) is 67.3 Å². The van der Waals surface area contributed by atoms with Crippen LogP contribution in [-0.4, -0.2) is 43.7 Å². The number of alkyl halides is 3. The molecule has 1 aromatic carbocycles. The molecule has 0 unspecified atom stereocenters. The van der Waals surface area contributed by atoms with E-state index in [0.29, 0.717) is 17.0 Å². The fourth-order valence-corrected chi connectivity index (χ4v) is 6.79. The van der Waals surface area contributed by atoms with Gasteiger partial charge in [-0.2, -0.15) is 21.6 Å². The van der Waals surface area contributed by atoms with Gasteiger partial charge in [-0.15, -0.1) is 0 Å². The number of hydrogen-bond acceptors (Lipinski definition) is 5. The summed E-state index contributed by atoms with van der Waals surface area (Å²) in [5.41, 5.74) is -4.61. The molecule has 1 aliphatic heterocycles. The van der Waals surface area contributed by atoms with Gasteiger partial charge in [-0.25, -0.2) is 0 Å². The van der Waals surface area contributed by atoms with Gasteiger partial charge in [0.1, 0.15) is 5.75 Å². The number of carbonyl (C=O) groups is 1. The maximum Gasteiger partial charge on any atom is 0.534 e. The third kappa shape index (κ3) is 3.30. The molecule has 1 aromatic rings. The van der Waals surface area contributed by atoms with E-state index in [1.54, 1.807) is 0 Å². The monoisotopic (exact) mass is 457 g/mol. The Labute approximate surface area is 180 Å². The van der Waals surface area contributed by atoms with E-state index in [4.69, 9.17) is 0 Å². The van der Waals surface area contributed by atoms with Gasteiger partial charge in [0.25, 0.3) is 0 Å². The Morgan fingerprint density at radius 3 is 2.55 bits per heavy atom. The maximum atomic E-state index is 13.6. The van der Waals surface area contributed by atoms with E-state index in [1.165, 1.54) is 37.5 Å². The van der Waals surface area contributed by atoms with Crippen LogP contribution in [0, 0.1) is 11.8 Å². The predicted octanol–water partition coefficient (Wildman–Crippen LogP) is 4.41. The lowest BCUT2D eigenvalue weighted by atomic mass is 9.52. The second kappa shape index (κ2) is 7.20. The molecular formula is C22H26F3NO4S. The van der Waals surface area contributed by atoms with E-state index in [0.717, 1.165) is 45.2 Å². The highest BCUT2D eigenvalue weighted by molar-refractivity contribution is 7.88. The Bertz CT molecular complexity index is 1000. The largest absolute Gasteiger partial charge is 0.534 e. The number of likely N-dealkylation sites (tertiary alicyclic amines) is 1. The molecule has 170 valence electrons. The zero-order chi connectivity index (χ0) is 22.0. The van der Waals surface area contributed by atoms with Crippen molar-refractivity contribution >= 4 is 15.9 Å². The zero-order valence-corrected chi connectivity index (χ0v) is 18.0. The molecule has 0 N–H and O–H groups in total.